The molecule has 1 aromatic rings. The van der Waals surface area contributed by atoms with Crippen molar-refractivity contribution in [3.05, 3.63) is 35.9 Å². The Bertz CT molecular complexity index is 563. The number of carbonyl (C=O) groups is 2. The zero-order valence-electron chi connectivity index (χ0n) is 13.8. The Kier molecular flexibility index (Phi) is 6.28. The van der Waals surface area contributed by atoms with Crippen LogP contribution in [0, 0.1) is 0 Å². The molecule has 1 aromatic carbocycles. The maximum Gasteiger partial charge on any atom is 0.305 e. The second-order valence-corrected chi connectivity index (χ2v) is 5.60. The van der Waals surface area contributed by atoms with Gasteiger partial charge in [0.15, 0.2) is 6.10 Å². The Morgan fingerprint density at radius 1 is 1.08 bits per heavy atom. The zero-order chi connectivity index (χ0) is 17.7. The lowest BCUT2D eigenvalue weighted by atomic mass is 10.00. The van der Waals surface area contributed by atoms with Gasteiger partial charge in [-0.25, -0.2) is 4.39 Å². The highest BCUT2D eigenvalue weighted by molar-refractivity contribution is 5.67. The quantitative estimate of drug-likeness (QED) is 0.765. The summed E-state index contributed by atoms with van der Waals surface area (Å²) in [5, 5.41) is 0. The van der Waals surface area contributed by atoms with Gasteiger partial charge >= 0.3 is 11.9 Å². The highest BCUT2D eigenvalue weighted by Gasteiger charge is 2.49. The number of ether oxygens (including phenoxy) is 4. The summed E-state index contributed by atoms with van der Waals surface area (Å²) in [6.07, 6.45) is -5.95. The number of carbonyl (C=O) groups excluding carboxylic acids is 2. The van der Waals surface area contributed by atoms with E-state index in [9.17, 15) is 14.0 Å². The van der Waals surface area contributed by atoms with E-state index in [1.807, 2.05) is 30.3 Å². The summed E-state index contributed by atoms with van der Waals surface area (Å²) in [4.78, 5) is 22.4. The molecule has 24 heavy (non-hydrogen) atoms. The lowest BCUT2D eigenvalue weighted by Crippen LogP contribution is -2.58. The lowest BCUT2D eigenvalue weighted by Gasteiger charge is -2.41. The number of halogens is 1. The number of esters is 2. The van der Waals surface area contributed by atoms with Crippen LogP contribution in [0.25, 0.3) is 0 Å². The van der Waals surface area contributed by atoms with Crippen LogP contribution in [0.2, 0.25) is 0 Å². The monoisotopic (exact) mass is 340 g/mol. The third-order valence-electron chi connectivity index (χ3n) is 3.58. The van der Waals surface area contributed by atoms with E-state index in [1.165, 1.54) is 6.92 Å². The lowest BCUT2D eigenvalue weighted by molar-refractivity contribution is -0.281. The van der Waals surface area contributed by atoms with Gasteiger partial charge in [-0.05, 0) is 12.5 Å². The molecule has 1 aliphatic heterocycles. The van der Waals surface area contributed by atoms with Crippen LogP contribution >= 0.6 is 0 Å². The maximum atomic E-state index is 14.6. The third-order valence-corrected chi connectivity index (χ3v) is 3.58. The largest absolute Gasteiger partial charge is 0.456 e. The van der Waals surface area contributed by atoms with Crippen molar-refractivity contribution in [2.75, 3.05) is 0 Å². The first kappa shape index (κ1) is 18.4. The van der Waals surface area contributed by atoms with E-state index in [2.05, 4.69) is 0 Å². The van der Waals surface area contributed by atoms with Gasteiger partial charge in [-0.15, -0.1) is 0 Å². The van der Waals surface area contributed by atoms with E-state index in [4.69, 9.17) is 18.9 Å². The number of hydrogen-bond acceptors (Lipinski definition) is 6. The second kappa shape index (κ2) is 8.21. The van der Waals surface area contributed by atoms with Crippen molar-refractivity contribution in [3.63, 3.8) is 0 Å². The van der Waals surface area contributed by atoms with Crippen LogP contribution in [0.1, 0.15) is 26.3 Å². The molecule has 0 N–H and O–H groups in total. The van der Waals surface area contributed by atoms with Crippen molar-refractivity contribution in [3.8, 4) is 0 Å². The fourth-order valence-corrected chi connectivity index (χ4v) is 2.54. The summed E-state index contributed by atoms with van der Waals surface area (Å²) in [5.74, 6) is -1.33. The molecule has 2 rings (SSSR count). The second-order valence-electron chi connectivity index (χ2n) is 5.60. The molecule has 5 atom stereocenters. The molecule has 1 fully saturated rings. The van der Waals surface area contributed by atoms with E-state index >= 15 is 0 Å². The minimum Gasteiger partial charge on any atom is -0.456 e. The van der Waals surface area contributed by atoms with Crippen LogP contribution in [0.15, 0.2) is 30.3 Å². The molecular formula is C17H21FO6. The molecule has 6 nitrogen and oxygen atoms in total. The minimum absolute atomic E-state index is 0.210. The Labute approximate surface area is 139 Å². The molecule has 0 aliphatic carbocycles. The van der Waals surface area contributed by atoms with Crippen molar-refractivity contribution in [2.45, 2.75) is 58.2 Å². The first-order chi connectivity index (χ1) is 11.4. The highest BCUT2D eigenvalue weighted by Crippen LogP contribution is 2.29. The zero-order valence-corrected chi connectivity index (χ0v) is 13.8. The average molecular weight is 340 g/mol. The van der Waals surface area contributed by atoms with Crippen molar-refractivity contribution in [2.24, 2.45) is 0 Å². The van der Waals surface area contributed by atoms with Gasteiger partial charge in [0, 0.05) is 13.8 Å². The molecule has 0 aromatic heterocycles. The standard InChI is InChI=1S/C17H21FO6/c1-10-15(21-9-13-7-5-4-6-8-13)16(23-11(2)19)14(18)17(22-10)24-12(3)20/h4-8,10,14-17H,9H2,1-3H3/t10-,14+,15+,16-,17?/m0/s1. The molecule has 7 heteroatoms. The van der Waals surface area contributed by atoms with Crippen LogP contribution < -0.4 is 0 Å². The van der Waals surface area contributed by atoms with Crippen molar-refractivity contribution >= 4 is 11.9 Å². The molecule has 0 amide bonds. The van der Waals surface area contributed by atoms with E-state index in [1.54, 1.807) is 6.92 Å². The van der Waals surface area contributed by atoms with E-state index in [0.717, 1.165) is 12.5 Å². The van der Waals surface area contributed by atoms with Gasteiger partial charge in [0.25, 0.3) is 0 Å². The summed E-state index contributed by atoms with van der Waals surface area (Å²) in [6, 6.07) is 9.32. The molecule has 0 saturated carbocycles. The van der Waals surface area contributed by atoms with Crippen molar-refractivity contribution in [1.29, 1.82) is 0 Å². The fraction of sp³-hybridized carbons (Fsp3) is 0.529. The number of benzene rings is 1. The molecule has 0 bridgehead atoms. The number of rotatable bonds is 5. The summed E-state index contributed by atoms with van der Waals surface area (Å²) in [7, 11) is 0. The van der Waals surface area contributed by atoms with Crippen LogP contribution in [0.3, 0.4) is 0 Å². The van der Waals surface area contributed by atoms with Gasteiger partial charge in [0.05, 0.1) is 12.7 Å². The fourth-order valence-electron chi connectivity index (χ4n) is 2.54. The van der Waals surface area contributed by atoms with E-state index < -0.39 is 42.7 Å². The normalized spacial score (nSPS) is 29.8. The van der Waals surface area contributed by atoms with Crippen LogP contribution in [0.5, 0.6) is 0 Å². The molecule has 1 heterocycles. The topological polar surface area (TPSA) is 71.1 Å². The summed E-state index contributed by atoms with van der Waals surface area (Å²) in [6.45, 7) is 4.19. The predicted molar refractivity (Wildman–Crippen MR) is 81.6 cm³/mol. The van der Waals surface area contributed by atoms with Gasteiger partial charge in [0.2, 0.25) is 12.5 Å². The molecule has 132 valence electrons. The van der Waals surface area contributed by atoms with Gasteiger partial charge in [0.1, 0.15) is 6.10 Å². The van der Waals surface area contributed by atoms with E-state index in [-0.39, 0.29) is 6.61 Å². The average Bonchev–Trinajstić information content (AvgIpc) is 2.51. The van der Waals surface area contributed by atoms with Gasteiger partial charge in [-0.1, -0.05) is 30.3 Å². The predicted octanol–water partition coefficient (Wildman–Crippen LogP) is 2.15. The molecule has 0 radical (unpaired) electrons. The summed E-state index contributed by atoms with van der Waals surface area (Å²) >= 11 is 0. The van der Waals surface area contributed by atoms with Gasteiger partial charge in [-0.2, -0.15) is 0 Å². The number of hydrogen-bond donors (Lipinski definition) is 0. The summed E-state index contributed by atoms with van der Waals surface area (Å²) in [5.41, 5.74) is 0.892. The Hall–Kier alpha value is -1.99. The van der Waals surface area contributed by atoms with Gasteiger partial charge < -0.3 is 18.9 Å². The maximum absolute atomic E-state index is 14.6. The molecular weight excluding hydrogens is 319 g/mol. The highest BCUT2D eigenvalue weighted by atomic mass is 19.1. The minimum atomic E-state index is -1.84. The SMILES string of the molecule is CC(=O)OC1O[C@@H](C)[C@@H](OCc2ccccc2)[C@@H](OC(C)=O)[C@H]1F. The van der Waals surface area contributed by atoms with Gasteiger partial charge in [-0.3, -0.25) is 9.59 Å². The van der Waals surface area contributed by atoms with Crippen molar-refractivity contribution < 1.29 is 32.9 Å². The smallest absolute Gasteiger partial charge is 0.305 e. The Morgan fingerprint density at radius 3 is 2.29 bits per heavy atom. The van der Waals surface area contributed by atoms with Crippen LogP contribution in [0.4, 0.5) is 4.39 Å². The summed E-state index contributed by atoms with van der Waals surface area (Å²) < 4.78 is 35.6. The van der Waals surface area contributed by atoms with Crippen LogP contribution in [-0.2, 0) is 35.1 Å². The molecule has 1 unspecified atom stereocenters. The Balaban J connectivity index is 2.11. The first-order valence-corrected chi connectivity index (χ1v) is 7.68. The first-order valence-electron chi connectivity index (χ1n) is 7.68. The molecule has 1 saturated heterocycles. The molecule has 0 spiro atoms. The van der Waals surface area contributed by atoms with E-state index in [0.29, 0.717) is 0 Å². The molecule has 1 aliphatic rings. The van der Waals surface area contributed by atoms with Crippen LogP contribution in [-0.4, -0.2) is 42.7 Å². The number of alkyl halides is 1. The van der Waals surface area contributed by atoms with Crippen molar-refractivity contribution in [1.82, 2.24) is 0 Å². The Morgan fingerprint density at radius 2 is 1.71 bits per heavy atom. The third kappa shape index (κ3) is 4.75.